The van der Waals surface area contributed by atoms with E-state index in [0.717, 1.165) is 5.75 Å². The van der Waals surface area contributed by atoms with Crippen LogP contribution in [0.15, 0.2) is 0 Å². The molecular formula is C8H16O4S2. The molecule has 0 aromatic carbocycles. The molecule has 0 rings (SSSR count). The van der Waals surface area contributed by atoms with Gasteiger partial charge >= 0.3 is 5.97 Å². The molecule has 0 unspecified atom stereocenters. The SMILES string of the molecule is CSCCCS(=O)(=O)C(C)(C)C(=O)O. The van der Waals surface area contributed by atoms with Crippen LogP contribution in [0.4, 0.5) is 0 Å². The van der Waals surface area contributed by atoms with Gasteiger partial charge in [-0.05, 0) is 32.3 Å². The Balaban J connectivity index is 4.55. The Morgan fingerprint density at radius 1 is 1.43 bits per heavy atom. The highest BCUT2D eigenvalue weighted by molar-refractivity contribution is 7.98. The van der Waals surface area contributed by atoms with E-state index in [1.807, 2.05) is 6.26 Å². The van der Waals surface area contributed by atoms with Crippen molar-refractivity contribution in [2.24, 2.45) is 0 Å². The summed E-state index contributed by atoms with van der Waals surface area (Å²) in [6.07, 6.45) is 2.38. The summed E-state index contributed by atoms with van der Waals surface area (Å²) in [6.45, 7) is 2.45. The summed E-state index contributed by atoms with van der Waals surface area (Å²) in [7, 11) is -3.54. The van der Waals surface area contributed by atoms with E-state index in [4.69, 9.17) is 5.11 Å². The smallest absolute Gasteiger partial charge is 0.324 e. The lowest BCUT2D eigenvalue weighted by atomic mass is 10.2. The van der Waals surface area contributed by atoms with Crippen molar-refractivity contribution in [3.63, 3.8) is 0 Å². The predicted molar refractivity (Wildman–Crippen MR) is 58.5 cm³/mol. The minimum absolute atomic E-state index is 0.0624. The lowest BCUT2D eigenvalue weighted by Crippen LogP contribution is -2.42. The Kier molecular flexibility index (Phi) is 4.94. The summed E-state index contributed by atoms with van der Waals surface area (Å²) in [4.78, 5) is 10.7. The molecule has 14 heavy (non-hydrogen) atoms. The number of sulfone groups is 1. The highest BCUT2D eigenvalue weighted by Crippen LogP contribution is 2.18. The molecule has 0 saturated carbocycles. The molecule has 0 heterocycles. The van der Waals surface area contributed by atoms with Gasteiger partial charge < -0.3 is 5.11 Å². The van der Waals surface area contributed by atoms with Crippen LogP contribution in [-0.2, 0) is 14.6 Å². The number of hydrogen-bond acceptors (Lipinski definition) is 4. The lowest BCUT2D eigenvalue weighted by molar-refractivity contribution is -0.139. The highest BCUT2D eigenvalue weighted by Gasteiger charge is 2.41. The van der Waals surface area contributed by atoms with E-state index in [-0.39, 0.29) is 5.75 Å². The van der Waals surface area contributed by atoms with Crippen molar-refractivity contribution >= 4 is 27.6 Å². The average molecular weight is 240 g/mol. The number of rotatable bonds is 6. The zero-order valence-corrected chi connectivity index (χ0v) is 10.2. The molecule has 0 aromatic heterocycles. The molecule has 0 radical (unpaired) electrons. The highest BCUT2D eigenvalue weighted by atomic mass is 32.2. The largest absolute Gasteiger partial charge is 0.480 e. The van der Waals surface area contributed by atoms with Gasteiger partial charge in [0.15, 0.2) is 14.6 Å². The third-order valence-corrected chi connectivity index (χ3v) is 5.31. The maximum atomic E-state index is 11.6. The summed E-state index contributed by atoms with van der Waals surface area (Å²) < 4.78 is 21.5. The van der Waals surface area contributed by atoms with E-state index in [1.165, 1.54) is 13.8 Å². The molecule has 0 spiro atoms. The van der Waals surface area contributed by atoms with Crippen molar-refractivity contribution in [1.29, 1.82) is 0 Å². The van der Waals surface area contributed by atoms with Gasteiger partial charge in [-0.2, -0.15) is 11.8 Å². The van der Waals surface area contributed by atoms with E-state index >= 15 is 0 Å². The molecule has 1 N–H and O–H groups in total. The van der Waals surface area contributed by atoms with Crippen molar-refractivity contribution in [1.82, 2.24) is 0 Å². The number of aliphatic carboxylic acids is 1. The van der Waals surface area contributed by atoms with Crippen LogP contribution in [-0.4, -0.2) is 42.0 Å². The van der Waals surface area contributed by atoms with Crippen LogP contribution >= 0.6 is 11.8 Å². The Labute approximate surface area is 89.0 Å². The van der Waals surface area contributed by atoms with E-state index in [0.29, 0.717) is 6.42 Å². The predicted octanol–water partition coefficient (Wildman–Crippen LogP) is 1.02. The van der Waals surface area contributed by atoms with Crippen LogP contribution in [0, 0.1) is 0 Å². The van der Waals surface area contributed by atoms with Crippen molar-refractivity contribution in [2.45, 2.75) is 25.0 Å². The summed E-state index contributed by atoms with van der Waals surface area (Å²) in [5, 5.41) is 8.75. The molecule has 0 bridgehead atoms. The quantitative estimate of drug-likeness (QED) is 0.702. The minimum Gasteiger partial charge on any atom is -0.480 e. The Morgan fingerprint density at radius 2 is 1.93 bits per heavy atom. The van der Waals surface area contributed by atoms with Gasteiger partial charge in [0, 0.05) is 0 Å². The molecule has 0 amide bonds. The molecule has 0 aliphatic heterocycles. The van der Waals surface area contributed by atoms with Gasteiger partial charge in [0.25, 0.3) is 0 Å². The second-order valence-corrected chi connectivity index (χ2v) is 7.12. The monoisotopic (exact) mass is 240 g/mol. The number of hydrogen-bond donors (Lipinski definition) is 1. The van der Waals surface area contributed by atoms with Gasteiger partial charge in [-0.25, -0.2) is 8.42 Å². The van der Waals surface area contributed by atoms with Crippen molar-refractivity contribution in [3.05, 3.63) is 0 Å². The molecule has 0 atom stereocenters. The van der Waals surface area contributed by atoms with Crippen LogP contribution in [0.2, 0.25) is 0 Å². The Bertz CT molecular complexity index is 292. The van der Waals surface area contributed by atoms with E-state index < -0.39 is 20.6 Å². The van der Waals surface area contributed by atoms with E-state index in [2.05, 4.69) is 0 Å². The number of carboxylic acids is 1. The second-order valence-electron chi connectivity index (χ2n) is 3.48. The van der Waals surface area contributed by atoms with Crippen LogP contribution in [0.3, 0.4) is 0 Å². The van der Waals surface area contributed by atoms with Crippen LogP contribution in [0.25, 0.3) is 0 Å². The fraction of sp³-hybridized carbons (Fsp3) is 0.875. The van der Waals surface area contributed by atoms with Crippen molar-refractivity contribution in [3.8, 4) is 0 Å². The molecule has 0 aromatic rings. The molecule has 0 aliphatic carbocycles. The second kappa shape index (κ2) is 5.02. The molecule has 4 nitrogen and oxygen atoms in total. The van der Waals surface area contributed by atoms with Crippen LogP contribution in [0.5, 0.6) is 0 Å². The molecular weight excluding hydrogens is 224 g/mol. The maximum Gasteiger partial charge on any atom is 0.324 e. The zero-order chi connectivity index (χ0) is 11.4. The molecule has 0 fully saturated rings. The first-order valence-corrected chi connectivity index (χ1v) is 7.25. The standard InChI is InChI=1S/C8H16O4S2/c1-8(2,7(9)10)14(11,12)6-4-5-13-3/h4-6H2,1-3H3,(H,9,10). The minimum atomic E-state index is -3.54. The van der Waals surface area contributed by atoms with Crippen LogP contribution < -0.4 is 0 Å². The van der Waals surface area contributed by atoms with Crippen molar-refractivity contribution < 1.29 is 18.3 Å². The third-order valence-electron chi connectivity index (χ3n) is 2.05. The number of carbonyl (C=O) groups is 1. The van der Waals surface area contributed by atoms with Crippen LogP contribution in [0.1, 0.15) is 20.3 Å². The normalized spacial score (nSPS) is 12.8. The number of thioether (sulfide) groups is 1. The van der Waals surface area contributed by atoms with Gasteiger partial charge in [-0.1, -0.05) is 0 Å². The maximum absolute atomic E-state index is 11.6. The van der Waals surface area contributed by atoms with Gasteiger partial charge in [-0.3, -0.25) is 4.79 Å². The Hall–Kier alpha value is -0.230. The Morgan fingerprint density at radius 3 is 2.29 bits per heavy atom. The summed E-state index contributed by atoms with van der Waals surface area (Å²) >= 11 is 1.55. The first-order valence-electron chi connectivity index (χ1n) is 4.20. The summed E-state index contributed by atoms with van der Waals surface area (Å²) in [5.74, 6) is -0.621. The fourth-order valence-corrected chi connectivity index (χ4v) is 2.70. The topological polar surface area (TPSA) is 71.4 Å². The molecule has 0 aliphatic rings. The van der Waals surface area contributed by atoms with Gasteiger partial charge in [0.1, 0.15) is 0 Å². The number of carboxylic acid groups (broad SMARTS) is 1. The van der Waals surface area contributed by atoms with Gasteiger partial charge in [-0.15, -0.1) is 0 Å². The molecule has 0 saturated heterocycles. The summed E-state index contributed by atoms with van der Waals surface area (Å²) in [6, 6.07) is 0. The first-order chi connectivity index (χ1) is 6.25. The third kappa shape index (κ3) is 3.16. The lowest BCUT2D eigenvalue weighted by Gasteiger charge is -2.19. The average Bonchev–Trinajstić information content (AvgIpc) is 2.04. The van der Waals surface area contributed by atoms with Gasteiger partial charge in [0.05, 0.1) is 5.75 Å². The van der Waals surface area contributed by atoms with Gasteiger partial charge in [0.2, 0.25) is 0 Å². The first kappa shape index (κ1) is 13.8. The molecule has 6 heteroatoms. The van der Waals surface area contributed by atoms with Crippen molar-refractivity contribution in [2.75, 3.05) is 17.8 Å². The van der Waals surface area contributed by atoms with E-state index in [9.17, 15) is 13.2 Å². The summed E-state index contributed by atoms with van der Waals surface area (Å²) in [5.41, 5.74) is 0. The fourth-order valence-electron chi connectivity index (χ4n) is 0.781. The molecule has 84 valence electrons. The zero-order valence-electron chi connectivity index (χ0n) is 8.61. The van der Waals surface area contributed by atoms with E-state index in [1.54, 1.807) is 11.8 Å².